The first-order chi connectivity index (χ1) is 15.6. The maximum Gasteiger partial charge on any atom is 0.353 e. The van der Waals surface area contributed by atoms with Gasteiger partial charge in [0.2, 0.25) is 11.6 Å². The van der Waals surface area contributed by atoms with Crippen LogP contribution in [0.2, 0.25) is 0 Å². The zero-order chi connectivity index (χ0) is 22.5. The summed E-state index contributed by atoms with van der Waals surface area (Å²) in [6, 6.07) is 7.16. The van der Waals surface area contributed by atoms with Crippen LogP contribution in [0.1, 0.15) is 19.8 Å². The summed E-state index contributed by atoms with van der Waals surface area (Å²) in [5.41, 5.74) is 1.22. The number of carbonyl (C=O) groups is 1. The summed E-state index contributed by atoms with van der Waals surface area (Å²) in [5.74, 6) is -0.0933. The number of aromatic nitrogens is 5. The van der Waals surface area contributed by atoms with Crippen molar-refractivity contribution in [3.63, 3.8) is 0 Å². The van der Waals surface area contributed by atoms with Crippen LogP contribution in [0.3, 0.4) is 0 Å². The number of hydrogen-bond donors (Lipinski definition) is 1. The van der Waals surface area contributed by atoms with Crippen molar-refractivity contribution in [2.75, 3.05) is 29.9 Å². The third kappa shape index (κ3) is 4.48. The second kappa shape index (κ2) is 9.37. The summed E-state index contributed by atoms with van der Waals surface area (Å²) >= 11 is 0. The second-order valence-corrected chi connectivity index (χ2v) is 7.18. The molecular weight excluding hydrogens is 416 g/mol. The van der Waals surface area contributed by atoms with Crippen LogP contribution in [0, 0.1) is 16.0 Å². The molecule has 3 heterocycles. The van der Waals surface area contributed by atoms with Gasteiger partial charge in [0.05, 0.1) is 23.1 Å². The predicted molar refractivity (Wildman–Crippen MR) is 115 cm³/mol. The standard InChI is InChI=1S/C20H22N8O4/c1-2-32-20(29)14-7-9-26(10-8-14)19-17(28(30)31)18(22-12-23-19)25-15-3-5-16(6-4-15)27-13-21-11-24-27/h3-6,11-14H,2,7-10H2,1H3,(H,22,23,25). The van der Waals surface area contributed by atoms with E-state index in [4.69, 9.17) is 4.74 Å². The van der Waals surface area contributed by atoms with E-state index >= 15 is 0 Å². The molecule has 0 bridgehead atoms. The number of nitrogens with zero attached hydrogens (tertiary/aromatic N) is 7. The van der Waals surface area contributed by atoms with Crippen LogP contribution in [0.15, 0.2) is 43.2 Å². The Morgan fingerprint density at radius 2 is 1.97 bits per heavy atom. The number of ether oxygens (including phenoxy) is 1. The number of nitrogens with one attached hydrogen (secondary N) is 1. The molecule has 12 heteroatoms. The van der Waals surface area contributed by atoms with Crippen LogP contribution in [-0.2, 0) is 9.53 Å². The lowest BCUT2D eigenvalue weighted by molar-refractivity contribution is -0.383. The van der Waals surface area contributed by atoms with E-state index in [9.17, 15) is 14.9 Å². The Morgan fingerprint density at radius 1 is 1.22 bits per heavy atom. The molecule has 1 aromatic carbocycles. The molecule has 1 fully saturated rings. The van der Waals surface area contributed by atoms with Crippen molar-refractivity contribution in [3.8, 4) is 5.69 Å². The quantitative estimate of drug-likeness (QED) is 0.332. The molecule has 0 atom stereocenters. The van der Waals surface area contributed by atoms with Crippen molar-refractivity contribution < 1.29 is 14.5 Å². The summed E-state index contributed by atoms with van der Waals surface area (Å²) in [6.45, 7) is 3.04. The number of esters is 1. The number of hydrogen-bond acceptors (Lipinski definition) is 10. The van der Waals surface area contributed by atoms with Gasteiger partial charge in [-0.15, -0.1) is 0 Å². The molecule has 12 nitrogen and oxygen atoms in total. The average Bonchev–Trinajstić information content (AvgIpc) is 3.34. The normalized spacial score (nSPS) is 14.2. The largest absolute Gasteiger partial charge is 0.466 e. The number of piperidine rings is 1. The third-order valence-electron chi connectivity index (χ3n) is 5.21. The lowest BCUT2D eigenvalue weighted by atomic mass is 9.97. The minimum Gasteiger partial charge on any atom is -0.466 e. The molecule has 1 aliphatic rings. The van der Waals surface area contributed by atoms with Crippen LogP contribution in [-0.4, -0.2) is 55.3 Å². The van der Waals surface area contributed by atoms with E-state index < -0.39 is 4.92 Å². The van der Waals surface area contributed by atoms with Crippen LogP contribution < -0.4 is 10.2 Å². The number of carbonyl (C=O) groups excluding carboxylic acids is 1. The van der Waals surface area contributed by atoms with Gasteiger partial charge in [0.1, 0.15) is 19.0 Å². The van der Waals surface area contributed by atoms with E-state index in [1.54, 1.807) is 30.1 Å². The fourth-order valence-electron chi connectivity index (χ4n) is 3.62. The molecule has 1 N–H and O–H groups in total. The molecule has 0 amide bonds. The Hall–Kier alpha value is -4.09. The fourth-order valence-corrected chi connectivity index (χ4v) is 3.62. The molecule has 0 saturated carbocycles. The van der Waals surface area contributed by atoms with Gasteiger partial charge in [0, 0.05) is 18.8 Å². The molecule has 0 unspecified atom stereocenters. The van der Waals surface area contributed by atoms with Gasteiger partial charge in [0.15, 0.2) is 0 Å². The Balaban J connectivity index is 1.53. The molecule has 3 aromatic rings. The molecule has 2 aromatic heterocycles. The second-order valence-electron chi connectivity index (χ2n) is 7.18. The van der Waals surface area contributed by atoms with Gasteiger partial charge >= 0.3 is 11.7 Å². The fraction of sp³-hybridized carbons (Fsp3) is 0.350. The van der Waals surface area contributed by atoms with E-state index in [1.165, 1.54) is 12.7 Å². The van der Waals surface area contributed by atoms with Crippen molar-refractivity contribution in [3.05, 3.63) is 53.4 Å². The van der Waals surface area contributed by atoms with E-state index in [-0.39, 0.29) is 29.2 Å². The number of anilines is 3. The first-order valence-corrected chi connectivity index (χ1v) is 10.2. The van der Waals surface area contributed by atoms with Gasteiger partial charge in [0.25, 0.3) is 0 Å². The summed E-state index contributed by atoms with van der Waals surface area (Å²) < 4.78 is 6.70. The topological polar surface area (TPSA) is 141 Å². The van der Waals surface area contributed by atoms with E-state index in [1.807, 2.05) is 17.0 Å². The van der Waals surface area contributed by atoms with Gasteiger partial charge in [-0.05, 0) is 44.0 Å². The molecule has 0 spiro atoms. The van der Waals surface area contributed by atoms with Crippen molar-refractivity contribution in [2.24, 2.45) is 5.92 Å². The van der Waals surface area contributed by atoms with Gasteiger partial charge in [-0.3, -0.25) is 14.9 Å². The molecular formula is C20H22N8O4. The Morgan fingerprint density at radius 3 is 2.59 bits per heavy atom. The molecule has 166 valence electrons. The lowest BCUT2D eigenvalue weighted by Crippen LogP contribution is -2.37. The third-order valence-corrected chi connectivity index (χ3v) is 5.21. The molecule has 4 rings (SSSR count). The minimum atomic E-state index is -0.487. The van der Waals surface area contributed by atoms with Crippen molar-refractivity contribution >= 4 is 29.0 Å². The highest BCUT2D eigenvalue weighted by atomic mass is 16.6. The highest BCUT2D eigenvalue weighted by Crippen LogP contribution is 2.35. The maximum atomic E-state index is 12.0. The van der Waals surface area contributed by atoms with E-state index in [2.05, 4.69) is 25.4 Å². The van der Waals surface area contributed by atoms with Crippen molar-refractivity contribution in [2.45, 2.75) is 19.8 Å². The van der Waals surface area contributed by atoms with Crippen molar-refractivity contribution in [1.82, 2.24) is 24.7 Å². The van der Waals surface area contributed by atoms with Gasteiger partial charge in [-0.2, -0.15) is 5.10 Å². The number of nitro groups is 1. The zero-order valence-corrected chi connectivity index (χ0v) is 17.4. The van der Waals surface area contributed by atoms with Crippen LogP contribution in [0.4, 0.5) is 23.0 Å². The molecule has 0 radical (unpaired) electrons. The minimum absolute atomic E-state index is 0.0982. The summed E-state index contributed by atoms with van der Waals surface area (Å²) in [6.07, 6.45) is 5.41. The SMILES string of the molecule is CCOC(=O)C1CCN(c2ncnc(Nc3ccc(-n4cncn4)cc3)c2[N+](=O)[O-])CC1. The van der Waals surface area contributed by atoms with E-state index in [0.29, 0.717) is 38.2 Å². The van der Waals surface area contributed by atoms with Crippen LogP contribution in [0.5, 0.6) is 0 Å². The van der Waals surface area contributed by atoms with Gasteiger partial charge in [-0.25, -0.2) is 19.6 Å². The lowest BCUT2D eigenvalue weighted by Gasteiger charge is -2.31. The number of rotatable bonds is 7. The number of benzene rings is 1. The average molecular weight is 438 g/mol. The predicted octanol–water partition coefficient (Wildman–Crippen LogP) is 2.49. The van der Waals surface area contributed by atoms with Gasteiger partial charge < -0.3 is 15.0 Å². The monoisotopic (exact) mass is 438 g/mol. The molecule has 1 saturated heterocycles. The summed E-state index contributed by atoms with van der Waals surface area (Å²) in [5, 5.41) is 19.0. The first-order valence-electron chi connectivity index (χ1n) is 10.2. The Labute approximate surface area is 183 Å². The molecule has 0 aliphatic carbocycles. The molecule has 32 heavy (non-hydrogen) atoms. The Kier molecular flexibility index (Phi) is 6.19. The van der Waals surface area contributed by atoms with Crippen LogP contribution in [0.25, 0.3) is 5.69 Å². The van der Waals surface area contributed by atoms with Gasteiger partial charge in [-0.1, -0.05) is 0 Å². The Bertz CT molecular complexity index is 1080. The maximum absolute atomic E-state index is 12.0. The van der Waals surface area contributed by atoms with Crippen LogP contribution >= 0.6 is 0 Å². The highest BCUT2D eigenvalue weighted by molar-refractivity contribution is 5.76. The smallest absolute Gasteiger partial charge is 0.353 e. The summed E-state index contributed by atoms with van der Waals surface area (Å²) in [4.78, 5) is 37.4. The van der Waals surface area contributed by atoms with E-state index in [0.717, 1.165) is 5.69 Å². The zero-order valence-electron chi connectivity index (χ0n) is 17.4. The van der Waals surface area contributed by atoms with Crippen molar-refractivity contribution in [1.29, 1.82) is 0 Å². The summed E-state index contributed by atoms with van der Waals surface area (Å²) in [7, 11) is 0. The highest BCUT2D eigenvalue weighted by Gasteiger charge is 2.32. The molecule has 1 aliphatic heterocycles. The first kappa shape index (κ1) is 21.2.